The standard InChI is InChI=1S/C15H30N2/c1-5-16-13-8-10-17(12(2)11-13)14-7-6-9-15(14,3)4/h12-14,16H,5-11H2,1-4H3. The van der Waals surface area contributed by atoms with Gasteiger partial charge in [0.1, 0.15) is 0 Å². The fraction of sp³-hybridized carbons (Fsp3) is 1.00. The molecular weight excluding hydrogens is 208 g/mol. The second-order valence-electron chi connectivity index (χ2n) is 6.76. The van der Waals surface area contributed by atoms with Gasteiger partial charge in [-0.3, -0.25) is 4.90 Å². The lowest BCUT2D eigenvalue weighted by atomic mass is 9.84. The number of nitrogens with one attached hydrogen (secondary N) is 1. The third-order valence-corrected chi connectivity index (χ3v) is 5.02. The summed E-state index contributed by atoms with van der Waals surface area (Å²) < 4.78 is 0. The molecule has 2 fully saturated rings. The highest BCUT2D eigenvalue weighted by Crippen LogP contribution is 2.42. The Labute approximate surface area is 107 Å². The molecule has 0 radical (unpaired) electrons. The number of nitrogens with zero attached hydrogens (tertiary/aromatic N) is 1. The number of piperidine rings is 1. The SMILES string of the molecule is CCNC1CCN(C2CCCC2(C)C)C(C)C1. The van der Waals surface area contributed by atoms with E-state index in [2.05, 4.69) is 37.9 Å². The van der Waals surface area contributed by atoms with Crippen molar-refractivity contribution in [1.82, 2.24) is 10.2 Å². The Bertz CT molecular complexity index is 249. The maximum Gasteiger partial charge on any atom is 0.0149 e. The summed E-state index contributed by atoms with van der Waals surface area (Å²) in [6, 6.07) is 2.35. The zero-order chi connectivity index (χ0) is 12.5. The molecule has 1 N–H and O–H groups in total. The average Bonchev–Trinajstić information content (AvgIpc) is 2.59. The lowest BCUT2D eigenvalue weighted by molar-refractivity contribution is 0.0410. The van der Waals surface area contributed by atoms with Gasteiger partial charge in [0.2, 0.25) is 0 Å². The molecule has 2 aliphatic rings. The lowest BCUT2D eigenvalue weighted by Crippen LogP contribution is -2.53. The third-order valence-electron chi connectivity index (χ3n) is 5.02. The van der Waals surface area contributed by atoms with Gasteiger partial charge in [0.05, 0.1) is 0 Å². The monoisotopic (exact) mass is 238 g/mol. The molecule has 2 nitrogen and oxygen atoms in total. The molecule has 0 aromatic heterocycles. The van der Waals surface area contributed by atoms with Crippen LogP contribution in [0.5, 0.6) is 0 Å². The Morgan fingerprint density at radius 2 is 2.06 bits per heavy atom. The highest BCUT2D eigenvalue weighted by molar-refractivity contribution is 4.96. The summed E-state index contributed by atoms with van der Waals surface area (Å²) in [4.78, 5) is 2.81. The van der Waals surface area contributed by atoms with Crippen molar-refractivity contribution >= 4 is 0 Å². The topological polar surface area (TPSA) is 15.3 Å². The van der Waals surface area contributed by atoms with Gasteiger partial charge in [-0.25, -0.2) is 0 Å². The van der Waals surface area contributed by atoms with E-state index >= 15 is 0 Å². The predicted octanol–water partition coefficient (Wildman–Crippen LogP) is 3.03. The van der Waals surface area contributed by atoms with Gasteiger partial charge in [-0.1, -0.05) is 27.2 Å². The molecule has 0 aromatic carbocycles. The first-order valence-corrected chi connectivity index (χ1v) is 7.53. The van der Waals surface area contributed by atoms with E-state index in [1.807, 2.05) is 0 Å². The summed E-state index contributed by atoms with van der Waals surface area (Å²) in [5.41, 5.74) is 0.541. The molecule has 3 atom stereocenters. The van der Waals surface area contributed by atoms with E-state index in [0.29, 0.717) is 5.41 Å². The summed E-state index contributed by atoms with van der Waals surface area (Å²) in [5.74, 6) is 0. The van der Waals surface area contributed by atoms with Crippen LogP contribution in [0.3, 0.4) is 0 Å². The molecular formula is C15H30N2. The van der Waals surface area contributed by atoms with Crippen molar-refractivity contribution < 1.29 is 0 Å². The van der Waals surface area contributed by atoms with Crippen LogP contribution in [0.2, 0.25) is 0 Å². The van der Waals surface area contributed by atoms with Gasteiger partial charge >= 0.3 is 0 Å². The first-order valence-electron chi connectivity index (χ1n) is 7.53. The van der Waals surface area contributed by atoms with E-state index in [4.69, 9.17) is 0 Å². The van der Waals surface area contributed by atoms with Crippen LogP contribution in [0, 0.1) is 5.41 Å². The summed E-state index contributed by atoms with van der Waals surface area (Å²) in [6.07, 6.45) is 6.93. The van der Waals surface area contributed by atoms with Crippen LogP contribution in [-0.4, -0.2) is 36.1 Å². The molecule has 1 saturated carbocycles. The largest absolute Gasteiger partial charge is 0.314 e. The van der Waals surface area contributed by atoms with Crippen LogP contribution in [-0.2, 0) is 0 Å². The van der Waals surface area contributed by atoms with Gasteiger partial charge in [0, 0.05) is 24.7 Å². The van der Waals surface area contributed by atoms with Crippen molar-refractivity contribution in [3.63, 3.8) is 0 Å². The fourth-order valence-corrected chi connectivity index (χ4v) is 4.05. The van der Waals surface area contributed by atoms with Gasteiger partial charge < -0.3 is 5.32 Å². The smallest absolute Gasteiger partial charge is 0.0149 e. The zero-order valence-corrected chi connectivity index (χ0v) is 12.1. The first kappa shape index (κ1) is 13.4. The van der Waals surface area contributed by atoms with Crippen molar-refractivity contribution in [3.8, 4) is 0 Å². The lowest BCUT2D eigenvalue weighted by Gasteiger charge is -2.46. The van der Waals surface area contributed by atoms with Crippen molar-refractivity contribution in [2.24, 2.45) is 5.41 Å². The van der Waals surface area contributed by atoms with E-state index in [-0.39, 0.29) is 0 Å². The van der Waals surface area contributed by atoms with Crippen molar-refractivity contribution in [2.75, 3.05) is 13.1 Å². The maximum atomic E-state index is 3.62. The van der Waals surface area contributed by atoms with E-state index < -0.39 is 0 Å². The highest BCUT2D eigenvalue weighted by atomic mass is 15.2. The Morgan fingerprint density at radius 3 is 2.59 bits per heavy atom. The summed E-state index contributed by atoms with van der Waals surface area (Å²) in [6.45, 7) is 12.0. The fourth-order valence-electron chi connectivity index (χ4n) is 4.05. The van der Waals surface area contributed by atoms with Crippen molar-refractivity contribution in [2.45, 2.75) is 77.9 Å². The molecule has 2 heteroatoms. The van der Waals surface area contributed by atoms with Crippen molar-refractivity contribution in [1.29, 1.82) is 0 Å². The Balaban J connectivity index is 1.95. The summed E-state index contributed by atoms with van der Waals surface area (Å²) in [5, 5.41) is 3.62. The van der Waals surface area contributed by atoms with Gasteiger partial charge in [0.15, 0.2) is 0 Å². The van der Waals surface area contributed by atoms with Gasteiger partial charge in [-0.2, -0.15) is 0 Å². The van der Waals surface area contributed by atoms with Crippen LogP contribution in [0.15, 0.2) is 0 Å². The zero-order valence-electron chi connectivity index (χ0n) is 12.1. The molecule has 1 aliphatic carbocycles. The molecule has 1 heterocycles. The normalized spacial score (nSPS) is 38.5. The molecule has 0 amide bonds. The number of hydrogen-bond acceptors (Lipinski definition) is 2. The quantitative estimate of drug-likeness (QED) is 0.813. The third kappa shape index (κ3) is 2.85. The minimum atomic E-state index is 0.541. The summed E-state index contributed by atoms with van der Waals surface area (Å²) >= 11 is 0. The molecule has 0 aromatic rings. The summed E-state index contributed by atoms with van der Waals surface area (Å²) in [7, 11) is 0. The van der Waals surface area contributed by atoms with Crippen LogP contribution < -0.4 is 5.32 Å². The van der Waals surface area contributed by atoms with Crippen LogP contribution in [0.25, 0.3) is 0 Å². The molecule has 0 spiro atoms. The molecule has 2 rings (SSSR count). The highest BCUT2D eigenvalue weighted by Gasteiger charge is 2.41. The van der Waals surface area contributed by atoms with Crippen LogP contribution in [0.1, 0.15) is 59.8 Å². The molecule has 1 saturated heterocycles. The van der Waals surface area contributed by atoms with E-state index in [0.717, 1.165) is 24.7 Å². The number of likely N-dealkylation sites (tertiary alicyclic amines) is 1. The first-order chi connectivity index (χ1) is 8.04. The second-order valence-corrected chi connectivity index (χ2v) is 6.76. The average molecular weight is 238 g/mol. The molecule has 3 unspecified atom stereocenters. The van der Waals surface area contributed by atoms with Gasteiger partial charge in [-0.05, 0) is 44.6 Å². The molecule has 1 aliphatic heterocycles. The second kappa shape index (κ2) is 5.27. The number of hydrogen-bond donors (Lipinski definition) is 1. The van der Waals surface area contributed by atoms with E-state index in [9.17, 15) is 0 Å². The number of rotatable bonds is 3. The van der Waals surface area contributed by atoms with Gasteiger partial charge in [0.25, 0.3) is 0 Å². The van der Waals surface area contributed by atoms with Gasteiger partial charge in [-0.15, -0.1) is 0 Å². The maximum absolute atomic E-state index is 3.62. The van der Waals surface area contributed by atoms with Crippen molar-refractivity contribution in [3.05, 3.63) is 0 Å². The minimum Gasteiger partial charge on any atom is -0.314 e. The molecule has 17 heavy (non-hydrogen) atoms. The molecule has 100 valence electrons. The Hall–Kier alpha value is -0.0800. The van der Waals surface area contributed by atoms with E-state index in [1.165, 1.54) is 38.6 Å². The van der Waals surface area contributed by atoms with Crippen LogP contribution in [0.4, 0.5) is 0 Å². The Kier molecular flexibility index (Phi) is 4.14. The Morgan fingerprint density at radius 1 is 1.29 bits per heavy atom. The molecule has 0 bridgehead atoms. The predicted molar refractivity (Wildman–Crippen MR) is 74.3 cm³/mol. The van der Waals surface area contributed by atoms with Crippen LogP contribution >= 0.6 is 0 Å². The minimum absolute atomic E-state index is 0.541. The van der Waals surface area contributed by atoms with E-state index in [1.54, 1.807) is 0 Å².